The third kappa shape index (κ3) is 2.86. The van der Waals surface area contributed by atoms with Gasteiger partial charge in [-0.25, -0.2) is 9.97 Å². The quantitative estimate of drug-likeness (QED) is 0.593. The zero-order chi connectivity index (χ0) is 16.4. The molecule has 0 aliphatic rings. The number of nitrogens with one attached hydrogen (secondary N) is 1. The van der Waals surface area contributed by atoms with Gasteiger partial charge in [0.05, 0.1) is 5.69 Å². The molecule has 0 aliphatic heterocycles. The molecule has 0 amide bonds. The minimum absolute atomic E-state index is 0.714. The summed E-state index contributed by atoms with van der Waals surface area (Å²) in [4.78, 5) is 8.80. The maximum atomic E-state index is 4.55. The Morgan fingerprint density at radius 2 is 1.67 bits per heavy atom. The molecule has 1 N–H and O–H groups in total. The summed E-state index contributed by atoms with van der Waals surface area (Å²) < 4.78 is 1.93. The number of anilines is 2. The van der Waals surface area contributed by atoms with Crippen molar-refractivity contribution in [1.82, 2.24) is 14.4 Å². The third-order valence-electron chi connectivity index (χ3n) is 4.07. The second kappa shape index (κ2) is 6.16. The molecule has 0 unspecified atom stereocenters. The molecule has 24 heavy (non-hydrogen) atoms. The van der Waals surface area contributed by atoms with Crippen molar-refractivity contribution >= 4 is 17.2 Å². The first kappa shape index (κ1) is 14.5. The lowest BCUT2D eigenvalue weighted by Gasteiger charge is -2.07. The van der Waals surface area contributed by atoms with Crippen LogP contribution in [0.5, 0.6) is 0 Å². The second-order valence-corrected chi connectivity index (χ2v) is 5.71. The van der Waals surface area contributed by atoms with Crippen molar-refractivity contribution < 1.29 is 0 Å². The number of imidazole rings is 1. The summed E-state index contributed by atoms with van der Waals surface area (Å²) in [5.74, 6) is 0.714. The third-order valence-corrected chi connectivity index (χ3v) is 4.07. The van der Waals surface area contributed by atoms with Gasteiger partial charge in [-0.2, -0.15) is 0 Å². The Hall–Kier alpha value is -3.14. The highest BCUT2D eigenvalue weighted by atomic mass is 15.1. The normalized spacial score (nSPS) is 10.9. The maximum absolute atomic E-state index is 4.55. The van der Waals surface area contributed by atoms with E-state index in [0.29, 0.717) is 5.78 Å². The standard InChI is InChI=1S/C20H18N4/c1-2-15-4-8-17(9-5-15)22-18-10-6-16(7-11-18)19-14-24-13-3-12-21-20(24)23-19/h3-14,22H,2H2,1H3. The number of rotatable bonds is 4. The first-order valence-electron chi connectivity index (χ1n) is 8.08. The first-order chi connectivity index (χ1) is 11.8. The fourth-order valence-electron chi connectivity index (χ4n) is 2.68. The van der Waals surface area contributed by atoms with Crippen molar-refractivity contribution in [2.75, 3.05) is 5.32 Å². The zero-order valence-electron chi connectivity index (χ0n) is 13.5. The van der Waals surface area contributed by atoms with Gasteiger partial charge >= 0.3 is 0 Å². The highest BCUT2D eigenvalue weighted by molar-refractivity contribution is 5.67. The van der Waals surface area contributed by atoms with E-state index in [1.807, 2.05) is 22.9 Å². The van der Waals surface area contributed by atoms with Crippen LogP contribution in [0.4, 0.5) is 11.4 Å². The van der Waals surface area contributed by atoms with E-state index in [1.165, 1.54) is 5.56 Å². The molecule has 0 bridgehead atoms. The monoisotopic (exact) mass is 314 g/mol. The molecular formula is C20H18N4. The fourth-order valence-corrected chi connectivity index (χ4v) is 2.68. The van der Waals surface area contributed by atoms with Crippen molar-refractivity contribution in [2.45, 2.75) is 13.3 Å². The summed E-state index contributed by atoms with van der Waals surface area (Å²) >= 11 is 0. The summed E-state index contributed by atoms with van der Waals surface area (Å²) in [5.41, 5.74) is 5.50. The van der Waals surface area contributed by atoms with Gasteiger partial charge in [0.25, 0.3) is 0 Å². The van der Waals surface area contributed by atoms with Crippen molar-refractivity contribution in [1.29, 1.82) is 0 Å². The van der Waals surface area contributed by atoms with Crippen LogP contribution in [0.2, 0.25) is 0 Å². The highest BCUT2D eigenvalue weighted by Crippen LogP contribution is 2.23. The molecule has 4 heteroatoms. The summed E-state index contributed by atoms with van der Waals surface area (Å²) in [6.07, 6.45) is 6.76. The van der Waals surface area contributed by atoms with Gasteiger partial charge in [0.15, 0.2) is 0 Å². The number of aryl methyl sites for hydroxylation is 1. The number of benzene rings is 2. The lowest BCUT2D eigenvalue weighted by Crippen LogP contribution is -1.90. The Morgan fingerprint density at radius 1 is 0.958 bits per heavy atom. The van der Waals surface area contributed by atoms with Crippen molar-refractivity contribution in [2.24, 2.45) is 0 Å². The minimum atomic E-state index is 0.714. The van der Waals surface area contributed by atoms with Crippen LogP contribution in [0.1, 0.15) is 12.5 Å². The summed E-state index contributed by atoms with van der Waals surface area (Å²) in [7, 11) is 0. The molecule has 0 saturated heterocycles. The number of nitrogens with zero attached hydrogens (tertiary/aromatic N) is 3. The van der Waals surface area contributed by atoms with Gasteiger partial charge in [0.2, 0.25) is 5.78 Å². The van der Waals surface area contributed by atoms with E-state index in [1.54, 1.807) is 6.20 Å². The molecule has 0 fully saturated rings. The van der Waals surface area contributed by atoms with Crippen LogP contribution >= 0.6 is 0 Å². The number of aromatic nitrogens is 3. The zero-order valence-corrected chi connectivity index (χ0v) is 13.5. The molecular weight excluding hydrogens is 296 g/mol. The first-order valence-corrected chi connectivity index (χ1v) is 8.08. The predicted octanol–water partition coefficient (Wildman–Crippen LogP) is 4.70. The highest BCUT2D eigenvalue weighted by Gasteiger charge is 2.05. The second-order valence-electron chi connectivity index (χ2n) is 5.71. The SMILES string of the molecule is CCc1ccc(Nc2ccc(-c3cn4cccnc4n3)cc2)cc1. The summed E-state index contributed by atoms with van der Waals surface area (Å²) in [6, 6.07) is 18.7. The largest absolute Gasteiger partial charge is 0.356 e. The maximum Gasteiger partial charge on any atom is 0.234 e. The fraction of sp³-hybridized carbons (Fsp3) is 0.100. The van der Waals surface area contributed by atoms with E-state index in [9.17, 15) is 0 Å². The molecule has 118 valence electrons. The minimum Gasteiger partial charge on any atom is -0.356 e. The van der Waals surface area contributed by atoms with Gasteiger partial charge in [-0.05, 0) is 42.3 Å². The van der Waals surface area contributed by atoms with Crippen LogP contribution in [0.3, 0.4) is 0 Å². The molecule has 0 radical (unpaired) electrons. The lowest BCUT2D eigenvalue weighted by molar-refractivity contribution is 1.11. The van der Waals surface area contributed by atoms with Gasteiger partial charge in [-0.1, -0.05) is 31.2 Å². The molecule has 2 aromatic carbocycles. The Kier molecular flexibility index (Phi) is 3.71. The Labute approximate surface area is 140 Å². The average molecular weight is 314 g/mol. The van der Waals surface area contributed by atoms with E-state index in [0.717, 1.165) is 29.1 Å². The number of fused-ring (bicyclic) bond motifs is 1. The molecule has 2 heterocycles. The molecule has 4 nitrogen and oxygen atoms in total. The Bertz CT molecular complexity index is 920. The molecule has 4 aromatic rings. The van der Waals surface area contributed by atoms with Crippen LogP contribution in [-0.4, -0.2) is 14.4 Å². The van der Waals surface area contributed by atoms with Crippen LogP contribution in [0, 0.1) is 0 Å². The van der Waals surface area contributed by atoms with E-state index < -0.39 is 0 Å². The lowest BCUT2D eigenvalue weighted by atomic mass is 10.1. The van der Waals surface area contributed by atoms with Crippen LogP contribution in [0.25, 0.3) is 17.0 Å². The Balaban J connectivity index is 1.55. The average Bonchev–Trinajstić information content (AvgIpc) is 3.07. The van der Waals surface area contributed by atoms with Crippen LogP contribution in [0.15, 0.2) is 73.2 Å². The molecule has 4 rings (SSSR count). The van der Waals surface area contributed by atoms with E-state index in [4.69, 9.17) is 0 Å². The van der Waals surface area contributed by atoms with Gasteiger partial charge in [0.1, 0.15) is 0 Å². The Morgan fingerprint density at radius 3 is 2.33 bits per heavy atom. The van der Waals surface area contributed by atoms with Gasteiger partial charge in [-0.15, -0.1) is 0 Å². The molecule has 0 atom stereocenters. The summed E-state index contributed by atoms with van der Waals surface area (Å²) in [6.45, 7) is 2.16. The van der Waals surface area contributed by atoms with Gasteiger partial charge < -0.3 is 5.32 Å². The topological polar surface area (TPSA) is 42.2 Å². The summed E-state index contributed by atoms with van der Waals surface area (Å²) in [5, 5.41) is 3.42. The van der Waals surface area contributed by atoms with E-state index >= 15 is 0 Å². The smallest absolute Gasteiger partial charge is 0.234 e. The van der Waals surface area contributed by atoms with Crippen molar-refractivity contribution in [3.63, 3.8) is 0 Å². The van der Waals surface area contributed by atoms with Gasteiger partial charge in [-0.3, -0.25) is 4.40 Å². The van der Waals surface area contributed by atoms with Crippen LogP contribution in [-0.2, 0) is 6.42 Å². The van der Waals surface area contributed by atoms with Crippen molar-refractivity contribution in [3.8, 4) is 11.3 Å². The van der Waals surface area contributed by atoms with E-state index in [2.05, 4.69) is 70.7 Å². The molecule has 2 aromatic heterocycles. The number of hydrogen-bond donors (Lipinski definition) is 1. The molecule has 0 spiro atoms. The molecule has 0 saturated carbocycles. The van der Waals surface area contributed by atoms with Crippen LogP contribution < -0.4 is 5.32 Å². The van der Waals surface area contributed by atoms with Crippen molar-refractivity contribution in [3.05, 3.63) is 78.8 Å². The van der Waals surface area contributed by atoms with Gasteiger partial charge in [0, 0.05) is 35.5 Å². The molecule has 0 aliphatic carbocycles. The number of hydrogen-bond acceptors (Lipinski definition) is 3. The van der Waals surface area contributed by atoms with E-state index in [-0.39, 0.29) is 0 Å². The predicted molar refractivity (Wildman–Crippen MR) is 97.5 cm³/mol.